The van der Waals surface area contributed by atoms with Crippen molar-refractivity contribution in [2.45, 2.75) is 111 Å². The molecule has 1 N–H and O–H groups in total. The van der Waals surface area contributed by atoms with Crippen LogP contribution in [0.2, 0.25) is 0 Å². The number of hydrogen-bond acceptors (Lipinski definition) is 8. The van der Waals surface area contributed by atoms with Crippen molar-refractivity contribution < 1.29 is 33.4 Å². The van der Waals surface area contributed by atoms with Gasteiger partial charge in [0.1, 0.15) is 22.6 Å². The Morgan fingerprint density at radius 3 is 2.04 bits per heavy atom. The van der Waals surface area contributed by atoms with E-state index >= 15 is 0 Å². The highest BCUT2D eigenvalue weighted by molar-refractivity contribution is 5.95. The van der Waals surface area contributed by atoms with Gasteiger partial charge in [0.05, 0.1) is 12.6 Å². The zero-order valence-electron chi connectivity index (χ0n) is 31.7. The van der Waals surface area contributed by atoms with E-state index in [-0.39, 0.29) is 18.5 Å². The molecule has 4 rings (SSSR count). The number of rotatable bonds is 5. The van der Waals surface area contributed by atoms with Gasteiger partial charge < -0.3 is 19.1 Å². The van der Waals surface area contributed by atoms with Crippen molar-refractivity contribution in [3.8, 4) is 11.8 Å². The van der Waals surface area contributed by atoms with Crippen molar-refractivity contribution in [1.29, 1.82) is 0 Å². The Kier molecular flexibility index (Phi) is 12.4. The van der Waals surface area contributed by atoms with E-state index in [4.69, 9.17) is 14.2 Å². The first kappa shape index (κ1) is 39.4. The number of anilines is 1. The van der Waals surface area contributed by atoms with Gasteiger partial charge in [0.2, 0.25) is 0 Å². The van der Waals surface area contributed by atoms with Gasteiger partial charge in [-0.3, -0.25) is 10.1 Å². The molecule has 0 aliphatic carbocycles. The fraction of sp³-hybridized carbons (Fsp3) is 0.439. The molecular weight excluding hydrogens is 660 g/mol. The summed E-state index contributed by atoms with van der Waals surface area (Å²) in [6.45, 7) is 16.3. The van der Waals surface area contributed by atoms with Crippen molar-refractivity contribution in [3.05, 3.63) is 94.7 Å². The predicted molar refractivity (Wildman–Crippen MR) is 199 cm³/mol. The van der Waals surface area contributed by atoms with Gasteiger partial charge in [-0.1, -0.05) is 42.2 Å². The number of aromatic nitrogens is 1. The molecule has 1 saturated heterocycles. The number of pyridine rings is 1. The standard InChI is InChI=1S/C41H50N4O7/c1-39(2,3)50-36(47)43-34-22-21-29(26-42-34)20-19-28-14-12-17-32(24-28)35(46)44-23-11-10-18-33(44)31-16-13-15-30(25-31)27-45(37(48)51-40(4,5)6)38(49)52-41(7,8)9/h12-17,21-22,24-26,33H,10-11,18,23,27H2,1-9H3,(H,42,43,47). The minimum atomic E-state index is -0.809. The fourth-order valence-electron chi connectivity index (χ4n) is 5.43. The normalized spacial score (nSPS) is 14.7. The summed E-state index contributed by atoms with van der Waals surface area (Å²) < 4.78 is 16.3. The Morgan fingerprint density at radius 2 is 1.42 bits per heavy atom. The lowest BCUT2D eigenvalue weighted by Crippen LogP contribution is -2.43. The number of benzene rings is 2. The average molecular weight is 711 g/mol. The van der Waals surface area contributed by atoms with E-state index in [0.29, 0.717) is 34.6 Å². The van der Waals surface area contributed by atoms with Crippen LogP contribution in [0.5, 0.6) is 0 Å². The molecule has 1 fully saturated rings. The highest BCUT2D eigenvalue weighted by Gasteiger charge is 2.33. The molecule has 2 aromatic carbocycles. The van der Waals surface area contributed by atoms with E-state index < -0.39 is 35.1 Å². The SMILES string of the molecule is CC(C)(C)OC(=O)Nc1ccc(C#Cc2cccc(C(=O)N3CCCCC3c3cccc(CN(C(=O)OC(C)(C)C)C(=O)OC(C)(C)C)c3)c2)cn1. The number of amides is 4. The number of nitrogens with zero attached hydrogens (tertiary/aromatic N) is 3. The Labute approximate surface area is 307 Å². The smallest absolute Gasteiger partial charge is 0.420 e. The molecule has 0 saturated carbocycles. The van der Waals surface area contributed by atoms with Crippen molar-refractivity contribution in [2.24, 2.45) is 0 Å². The van der Waals surface area contributed by atoms with Gasteiger partial charge in [-0.05, 0) is 123 Å². The summed E-state index contributed by atoms with van der Waals surface area (Å²) in [5.74, 6) is 6.42. The van der Waals surface area contributed by atoms with Crippen LogP contribution in [0.1, 0.15) is 120 Å². The second-order valence-electron chi connectivity index (χ2n) is 15.7. The molecule has 0 spiro atoms. The fourth-order valence-corrected chi connectivity index (χ4v) is 5.43. The summed E-state index contributed by atoms with van der Waals surface area (Å²) in [5, 5.41) is 2.60. The maximum absolute atomic E-state index is 14.0. The second-order valence-corrected chi connectivity index (χ2v) is 15.7. The van der Waals surface area contributed by atoms with E-state index in [0.717, 1.165) is 29.7 Å². The summed E-state index contributed by atoms with van der Waals surface area (Å²) in [6.07, 6.45) is 1.96. The summed E-state index contributed by atoms with van der Waals surface area (Å²) >= 11 is 0. The molecule has 1 atom stereocenters. The molecule has 1 aliphatic heterocycles. The van der Waals surface area contributed by atoms with E-state index in [9.17, 15) is 19.2 Å². The van der Waals surface area contributed by atoms with Crippen LogP contribution in [-0.4, -0.2) is 62.3 Å². The topological polar surface area (TPSA) is 127 Å². The minimum Gasteiger partial charge on any atom is -0.444 e. The van der Waals surface area contributed by atoms with Gasteiger partial charge in [-0.2, -0.15) is 0 Å². The van der Waals surface area contributed by atoms with E-state index in [1.165, 1.54) is 0 Å². The summed E-state index contributed by atoms with van der Waals surface area (Å²) in [7, 11) is 0. The van der Waals surface area contributed by atoms with Gasteiger partial charge in [0.25, 0.3) is 5.91 Å². The number of carbonyl (C=O) groups excluding carboxylic acids is 4. The monoisotopic (exact) mass is 710 g/mol. The van der Waals surface area contributed by atoms with Crippen molar-refractivity contribution in [3.63, 3.8) is 0 Å². The molecule has 11 heteroatoms. The van der Waals surface area contributed by atoms with Gasteiger partial charge >= 0.3 is 18.3 Å². The Hall–Kier alpha value is -5.37. The molecule has 0 bridgehead atoms. The molecule has 276 valence electrons. The van der Waals surface area contributed by atoms with Crippen LogP contribution in [0.4, 0.5) is 20.2 Å². The first-order chi connectivity index (χ1) is 24.3. The molecule has 11 nitrogen and oxygen atoms in total. The number of hydrogen-bond donors (Lipinski definition) is 1. The van der Waals surface area contributed by atoms with Crippen LogP contribution >= 0.6 is 0 Å². The number of nitrogens with one attached hydrogen (secondary N) is 1. The van der Waals surface area contributed by atoms with E-state index in [1.807, 2.05) is 41.3 Å². The largest absolute Gasteiger partial charge is 0.444 e. The van der Waals surface area contributed by atoms with E-state index in [1.54, 1.807) is 92.8 Å². The van der Waals surface area contributed by atoms with Gasteiger partial charge in [0, 0.05) is 29.4 Å². The third-order valence-corrected chi connectivity index (χ3v) is 7.52. The van der Waals surface area contributed by atoms with Crippen LogP contribution in [0.3, 0.4) is 0 Å². The highest BCUT2D eigenvalue weighted by Crippen LogP contribution is 2.33. The van der Waals surface area contributed by atoms with Crippen LogP contribution in [0.25, 0.3) is 0 Å². The molecule has 1 aliphatic rings. The third-order valence-electron chi connectivity index (χ3n) is 7.52. The Morgan fingerprint density at radius 1 is 0.788 bits per heavy atom. The molecule has 52 heavy (non-hydrogen) atoms. The second kappa shape index (κ2) is 16.3. The van der Waals surface area contributed by atoms with Gasteiger partial charge in [-0.25, -0.2) is 24.3 Å². The molecule has 4 amide bonds. The lowest BCUT2D eigenvalue weighted by molar-refractivity contribution is -0.000311. The summed E-state index contributed by atoms with van der Waals surface area (Å²) in [6, 6.07) is 18.0. The number of ether oxygens (including phenoxy) is 3. The van der Waals surface area contributed by atoms with Crippen molar-refractivity contribution >= 4 is 30.0 Å². The minimum absolute atomic E-state index is 0.0580. The first-order valence-electron chi connectivity index (χ1n) is 17.5. The van der Waals surface area contributed by atoms with E-state index in [2.05, 4.69) is 22.1 Å². The van der Waals surface area contributed by atoms with Crippen LogP contribution in [0, 0.1) is 11.8 Å². The molecule has 1 aromatic heterocycles. The zero-order valence-corrected chi connectivity index (χ0v) is 31.7. The zero-order chi connectivity index (χ0) is 38.3. The predicted octanol–water partition coefficient (Wildman–Crippen LogP) is 8.87. The number of piperidine rings is 1. The molecule has 3 aromatic rings. The number of likely N-dealkylation sites (tertiary alicyclic amines) is 1. The lowest BCUT2D eigenvalue weighted by Gasteiger charge is -2.36. The Bertz CT molecular complexity index is 1790. The highest BCUT2D eigenvalue weighted by atomic mass is 16.6. The lowest BCUT2D eigenvalue weighted by atomic mass is 9.93. The van der Waals surface area contributed by atoms with Gasteiger partial charge in [0.15, 0.2) is 0 Å². The van der Waals surface area contributed by atoms with Gasteiger partial charge in [-0.15, -0.1) is 0 Å². The summed E-state index contributed by atoms with van der Waals surface area (Å²) in [4.78, 5) is 59.4. The molecular formula is C41H50N4O7. The maximum Gasteiger partial charge on any atom is 0.420 e. The van der Waals surface area contributed by atoms with Crippen LogP contribution < -0.4 is 5.32 Å². The molecule has 1 unspecified atom stereocenters. The maximum atomic E-state index is 14.0. The van der Waals surface area contributed by atoms with Crippen LogP contribution in [0.15, 0.2) is 66.9 Å². The summed E-state index contributed by atoms with van der Waals surface area (Å²) in [5.41, 5.74) is 1.20. The third kappa shape index (κ3) is 12.1. The number of carbonyl (C=O) groups is 4. The average Bonchev–Trinajstić information content (AvgIpc) is 3.04. The molecule has 0 radical (unpaired) electrons. The Balaban J connectivity index is 1.50. The van der Waals surface area contributed by atoms with Crippen LogP contribution in [-0.2, 0) is 20.8 Å². The quantitative estimate of drug-likeness (QED) is 0.206. The van der Waals surface area contributed by atoms with Crippen molar-refractivity contribution in [1.82, 2.24) is 14.8 Å². The molecule has 2 heterocycles. The number of imide groups is 1. The van der Waals surface area contributed by atoms with Crippen molar-refractivity contribution in [2.75, 3.05) is 11.9 Å². The first-order valence-corrected chi connectivity index (χ1v) is 17.5.